The smallest absolute Gasteiger partial charge is 0.410 e. The van der Waals surface area contributed by atoms with Crippen molar-refractivity contribution in [3.8, 4) is 10.6 Å². The van der Waals surface area contributed by atoms with E-state index in [9.17, 15) is 9.59 Å². The number of aromatic nitrogens is 2. The molecule has 9 nitrogen and oxygen atoms in total. The summed E-state index contributed by atoms with van der Waals surface area (Å²) in [7, 11) is 0. The van der Waals surface area contributed by atoms with E-state index in [4.69, 9.17) is 14.1 Å². The summed E-state index contributed by atoms with van der Waals surface area (Å²) >= 11 is 1.50. The predicted molar refractivity (Wildman–Crippen MR) is 131 cm³/mol. The molecule has 0 spiro atoms. The predicted octanol–water partition coefficient (Wildman–Crippen LogP) is 4.89. The van der Waals surface area contributed by atoms with E-state index in [1.54, 1.807) is 6.20 Å². The number of fused-ring (bicyclic) bond motifs is 3. The number of amides is 2. The summed E-state index contributed by atoms with van der Waals surface area (Å²) in [6.45, 7) is 8.42. The van der Waals surface area contributed by atoms with Crippen molar-refractivity contribution in [1.29, 1.82) is 0 Å². The molecule has 2 unspecified atom stereocenters. The molecule has 2 aromatic heterocycles. The SMILES string of the molecule is CC(=O)Nc1cc(-c2nccs2)c2oc(N3CC4CCCC(C3)N4C(=O)OC(C)(C)C)nc2c1. The van der Waals surface area contributed by atoms with E-state index < -0.39 is 5.60 Å². The lowest BCUT2D eigenvalue weighted by Crippen LogP contribution is -2.63. The number of anilines is 2. The van der Waals surface area contributed by atoms with Gasteiger partial charge in [0, 0.05) is 37.3 Å². The van der Waals surface area contributed by atoms with Crippen molar-refractivity contribution in [3.05, 3.63) is 23.7 Å². The lowest BCUT2D eigenvalue weighted by molar-refractivity contribution is -0.114. The number of ether oxygens (including phenoxy) is 1. The molecule has 2 bridgehead atoms. The second-order valence-corrected chi connectivity index (χ2v) is 10.8. The summed E-state index contributed by atoms with van der Waals surface area (Å²) in [6, 6.07) is 4.30. The first-order valence-corrected chi connectivity index (χ1v) is 12.4. The molecule has 2 amide bonds. The highest BCUT2D eigenvalue weighted by atomic mass is 32.1. The molecule has 0 aliphatic carbocycles. The minimum absolute atomic E-state index is 0.0470. The average molecular weight is 484 g/mol. The van der Waals surface area contributed by atoms with Crippen molar-refractivity contribution in [2.45, 2.75) is 64.6 Å². The maximum atomic E-state index is 12.9. The van der Waals surface area contributed by atoms with Crippen LogP contribution in [0.25, 0.3) is 21.7 Å². The fraction of sp³-hybridized carbons (Fsp3) is 0.500. The molecule has 0 saturated carbocycles. The molecule has 2 aliphatic heterocycles. The van der Waals surface area contributed by atoms with Crippen molar-refractivity contribution in [3.63, 3.8) is 0 Å². The standard InChI is InChI=1S/C24H29N5O4S/c1-14(30)26-15-10-18(21-25-8-9-34-21)20-19(11-15)27-22(32-20)28-12-16-6-5-7-17(13-28)29(16)23(31)33-24(2,3)4/h8-11,16-17H,5-7,12-13H2,1-4H3,(H,26,30). The molecular formula is C24H29N5O4S. The van der Waals surface area contributed by atoms with Crippen LogP contribution in [-0.4, -0.2) is 57.6 Å². The van der Waals surface area contributed by atoms with E-state index in [0.717, 1.165) is 29.8 Å². The van der Waals surface area contributed by atoms with Crippen molar-refractivity contribution < 1.29 is 18.7 Å². The second kappa shape index (κ2) is 8.57. The Morgan fingerprint density at radius 2 is 1.94 bits per heavy atom. The number of thiazole rings is 1. The van der Waals surface area contributed by atoms with Crippen molar-refractivity contribution in [2.24, 2.45) is 0 Å². The molecule has 34 heavy (non-hydrogen) atoms. The zero-order chi connectivity index (χ0) is 24.0. The molecule has 1 aromatic carbocycles. The number of hydrogen-bond donors (Lipinski definition) is 1. The van der Waals surface area contributed by atoms with Crippen LogP contribution in [0.15, 0.2) is 28.1 Å². The van der Waals surface area contributed by atoms with Gasteiger partial charge in [-0.1, -0.05) is 0 Å². The summed E-state index contributed by atoms with van der Waals surface area (Å²) < 4.78 is 12.0. The number of benzene rings is 1. The quantitative estimate of drug-likeness (QED) is 0.566. The molecule has 2 aliphatic rings. The van der Waals surface area contributed by atoms with Crippen LogP contribution in [-0.2, 0) is 9.53 Å². The number of oxazole rings is 1. The normalized spacial score (nSPS) is 20.5. The van der Waals surface area contributed by atoms with Crippen LogP contribution in [0.2, 0.25) is 0 Å². The third-order valence-corrected chi connectivity index (χ3v) is 6.87. The van der Waals surface area contributed by atoms with Gasteiger partial charge in [0.15, 0.2) is 5.58 Å². The van der Waals surface area contributed by atoms with Gasteiger partial charge in [-0.2, -0.15) is 4.98 Å². The zero-order valence-corrected chi connectivity index (χ0v) is 20.6. The van der Waals surface area contributed by atoms with Gasteiger partial charge < -0.3 is 19.4 Å². The van der Waals surface area contributed by atoms with Crippen LogP contribution in [0, 0.1) is 0 Å². The van der Waals surface area contributed by atoms with Gasteiger partial charge in [0.1, 0.15) is 16.1 Å². The lowest BCUT2D eigenvalue weighted by Gasteiger charge is -2.49. The molecule has 5 rings (SSSR count). The van der Waals surface area contributed by atoms with Crippen LogP contribution in [0.4, 0.5) is 16.5 Å². The monoisotopic (exact) mass is 483 g/mol. The number of piperazine rings is 1. The Bertz CT molecular complexity index is 1200. The molecule has 4 heterocycles. The van der Waals surface area contributed by atoms with Crippen LogP contribution in [0.5, 0.6) is 0 Å². The van der Waals surface area contributed by atoms with Gasteiger partial charge in [0.05, 0.1) is 17.6 Å². The van der Waals surface area contributed by atoms with Crippen LogP contribution < -0.4 is 10.2 Å². The van der Waals surface area contributed by atoms with E-state index in [2.05, 4.69) is 15.2 Å². The lowest BCUT2D eigenvalue weighted by atomic mass is 9.92. The molecule has 2 fully saturated rings. The highest BCUT2D eigenvalue weighted by molar-refractivity contribution is 7.13. The fourth-order valence-electron chi connectivity index (χ4n) is 4.82. The topological polar surface area (TPSA) is 101 Å². The number of nitrogens with zero attached hydrogens (tertiary/aromatic N) is 4. The molecular weight excluding hydrogens is 454 g/mol. The van der Waals surface area contributed by atoms with Crippen LogP contribution >= 0.6 is 11.3 Å². The third-order valence-electron chi connectivity index (χ3n) is 6.06. The summed E-state index contributed by atoms with van der Waals surface area (Å²) in [6.07, 6.45) is 4.42. The van der Waals surface area contributed by atoms with E-state index in [1.807, 2.05) is 43.2 Å². The zero-order valence-electron chi connectivity index (χ0n) is 19.8. The maximum absolute atomic E-state index is 12.9. The highest BCUT2D eigenvalue weighted by Gasteiger charge is 2.43. The van der Waals surface area contributed by atoms with E-state index in [-0.39, 0.29) is 24.1 Å². The molecule has 10 heteroatoms. The van der Waals surface area contributed by atoms with Crippen molar-refractivity contribution in [1.82, 2.24) is 14.9 Å². The highest BCUT2D eigenvalue weighted by Crippen LogP contribution is 2.38. The molecule has 1 N–H and O–H groups in total. The minimum atomic E-state index is -0.527. The van der Waals surface area contributed by atoms with Crippen LogP contribution in [0.3, 0.4) is 0 Å². The Labute approximate surface area is 202 Å². The van der Waals surface area contributed by atoms with Gasteiger partial charge in [-0.3, -0.25) is 9.69 Å². The second-order valence-electron chi connectivity index (χ2n) is 9.92. The largest absolute Gasteiger partial charge is 0.444 e. The number of nitrogens with one attached hydrogen (secondary N) is 1. The van der Waals surface area contributed by atoms with Crippen molar-refractivity contribution in [2.75, 3.05) is 23.3 Å². The first kappa shape index (κ1) is 22.6. The summed E-state index contributed by atoms with van der Waals surface area (Å²) in [4.78, 5) is 37.8. The van der Waals surface area contributed by atoms with Gasteiger partial charge in [-0.05, 0) is 52.2 Å². The van der Waals surface area contributed by atoms with Gasteiger partial charge in [0.25, 0.3) is 6.01 Å². The van der Waals surface area contributed by atoms with E-state index >= 15 is 0 Å². The Kier molecular flexibility index (Phi) is 5.71. The van der Waals surface area contributed by atoms with Gasteiger partial charge >= 0.3 is 6.09 Å². The number of carbonyl (C=O) groups excluding carboxylic acids is 2. The Balaban J connectivity index is 1.46. The van der Waals surface area contributed by atoms with Gasteiger partial charge in [-0.15, -0.1) is 11.3 Å². The van der Waals surface area contributed by atoms with Crippen LogP contribution in [0.1, 0.15) is 47.0 Å². The van der Waals surface area contributed by atoms with Gasteiger partial charge in [0.2, 0.25) is 5.91 Å². The van der Waals surface area contributed by atoms with E-state index in [0.29, 0.717) is 35.9 Å². The number of carbonyl (C=O) groups is 2. The van der Waals surface area contributed by atoms with E-state index in [1.165, 1.54) is 18.3 Å². The molecule has 2 atom stereocenters. The first-order valence-electron chi connectivity index (χ1n) is 11.6. The molecule has 0 radical (unpaired) electrons. The summed E-state index contributed by atoms with van der Waals surface area (Å²) in [5.74, 6) is -0.153. The third kappa shape index (κ3) is 4.46. The Morgan fingerprint density at radius 3 is 2.56 bits per heavy atom. The first-order chi connectivity index (χ1) is 16.2. The Morgan fingerprint density at radius 1 is 1.21 bits per heavy atom. The minimum Gasteiger partial charge on any atom is -0.444 e. The van der Waals surface area contributed by atoms with Crippen molar-refractivity contribution >= 4 is 46.1 Å². The molecule has 3 aromatic rings. The maximum Gasteiger partial charge on any atom is 0.410 e. The molecule has 2 saturated heterocycles. The van der Waals surface area contributed by atoms with Gasteiger partial charge in [-0.25, -0.2) is 9.78 Å². The summed E-state index contributed by atoms with van der Waals surface area (Å²) in [5, 5.41) is 5.54. The average Bonchev–Trinajstić information content (AvgIpc) is 3.40. The number of piperidine rings is 1. The fourth-order valence-corrected chi connectivity index (χ4v) is 5.47. The number of rotatable bonds is 3. The molecule has 180 valence electrons. The summed E-state index contributed by atoms with van der Waals surface area (Å²) in [5.41, 5.74) is 2.21. The Hall–Kier alpha value is -3.14. The number of hydrogen-bond acceptors (Lipinski definition) is 8.